The normalized spacial score (nSPS) is 13.6. The Kier molecular flexibility index (Phi) is 14.9. The molecule has 0 amide bonds. The van der Waals surface area contributed by atoms with E-state index in [1.165, 1.54) is 94.3 Å². The van der Waals surface area contributed by atoms with E-state index >= 15 is 0 Å². The molecule has 5 heterocycles. The van der Waals surface area contributed by atoms with Crippen molar-refractivity contribution in [1.82, 2.24) is 0 Å². The van der Waals surface area contributed by atoms with Crippen LogP contribution in [0, 0.1) is 0 Å². The van der Waals surface area contributed by atoms with Gasteiger partial charge in [-0.1, -0.05) is 254 Å². The molecule has 18 aromatic carbocycles. The Hall–Kier alpha value is -14.0. The first-order valence-electron chi connectivity index (χ1n) is 39.1. The molecule has 0 fully saturated rings. The molecule has 0 bridgehead atoms. The molecular formula is C107H65N3O2S3. The molecule has 0 saturated heterocycles. The van der Waals surface area contributed by atoms with Gasteiger partial charge in [-0.05, 0) is 206 Å². The van der Waals surface area contributed by atoms with Gasteiger partial charge in [0, 0.05) is 134 Å². The van der Waals surface area contributed by atoms with Gasteiger partial charge in [0.05, 0.1) is 16.8 Å². The highest BCUT2D eigenvalue weighted by Crippen LogP contribution is 2.66. The first kappa shape index (κ1) is 65.7. The average molecular weight is 1520 g/mol. The minimum Gasteiger partial charge on any atom is -0.456 e. The summed E-state index contributed by atoms with van der Waals surface area (Å²) in [5, 5.41) is 11.5. The van der Waals surface area contributed by atoms with Crippen LogP contribution in [0.25, 0.3) is 140 Å². The third-order valence-corrected chi connectivity index (χ3v) is 27.3. The Labute approximate surface area is 675 Å². The van der Waals surface area contributed by atoms with Gasteiger partial charge in [0.25, 0.3) is 0 Å². The minimum absolute atomic E-state index is 0.815. The molecule has 4 aromatic heterocycles. The quantitative estimate of drug-likeness (QED) is 0.121. The largest absolute Gasteiger partial charge is 0.456 e. The molecule has 24 rings (SSSR count). The number of furan rings is 2. The summed E-state index contributed by atoms with van der Waals surface area (Å²) < 4.78 is 19.2. The Morgan fingerprint density at radius 2 is 0.774 bits per heavy atom. The van der Waals surface area contributed by atoms with Crippen molar-refractivity contribution in [2.24, 2.45) is 0 Å². The molecule has 0 N–H and O–H groups in total. The highest BCUT2D eigenvalue weighted by atomic mass is 32.2. The summed E-state index contributed by atoms with van der Waals surface area (Å²) in [5.41, 5.74) is 25.3. The van der Waals surface area contributed by atoms with Gasteiger partial charge in [0.15, 0.2) is 0 Å². The van der Waals surface area contributed by atoms with Crippen LogP contribution >= 0.6 is 34.4 Å². The zero-order chi connectivity index (χ0) is 75.4. The fourth-order valence-corrected chi connectivity index (χ4v) is 22.3. The Bertz CT molecular complexity index is 7740. The Morgan fingerprint density at radius 1 is 0.243 bits per heavy atom. The molecule has 1 unspecified atom stereocenters. The van der Waals surface area contributed by atoms with Crippen LogP contribution in [0.2, 0.25) is 0 Å². The molecule has 1 aliphatic carbocycles. The Balaban J connectivity index is 0.810. The van der Waals surface area contributed by atoms with Crippen LogP contribution in [0.15, 0.2) is 413 Å². The van der Waals surface area contributed by atoms with E-state index in [0.29, 0.717) is 0 Å². The van der Waals surface area contributed by atoms with E-state index in [1.54, 1.807) is 0 Å². The third-order valence-electron chi connectivity index (χ3n) is 23.8. The van der Waals surface area contributed by atoms with Crippen molar-refractivity contribution in [3.63, 3.8) is 0 Å². The molecule has 22 aromatic rings. The fraction of sp³-hybridized carbons (Fsp3) is 0.00935. The molecular weight excluding hydrogens is 1460 g/mol. The lowest BCUT2D eigenvalue weighted by atomic mass is 9.67. The molecule has 115 heavy (non-hydrogen) atoms. The summed E-state index contributed by atoms with van der Waals surface area (Å²) in [7, 11) is 0. The monoisotopic (exact) mass is 1520 g/mol. The average Bonchev–Trinajstić information content (AvgIpc) is 1.53. The molecule has 538 valence electrons. The first-order chi connectivity index (χ1) is 57.0. The number of anilines is 9. The lowest BCUT2D eigenvalue weighted by Gasteiger charge is -2.41. The van der Waals surface area contributed by atoms with E-state index in [1.807, 2.05) is 34.4 Å². The molecule has 2 aliphatic rings. The van der Waals surface area contributed by atoms with E-state index in [4.69, 9.17) is 8.83 Å². The Morgan fingerprint density at radius 3 is 1.53 bits per heavy atom. The van der Waals surface area contributed by atoms with Crippen molar-refractivity contribution in [3.8, 4) is 44.5 Å². The van der Waals surface area contributed by atoms with Crippen LogP contribution in [0.3, 0.4) is 0 Å². The number of rotatable bonds is 12. The van der Waals surface area contributed by atoms with E-state index < -0.39 is 5.41 Å². The molecule has 1 atom stereocenters. The molecule has 5 nitrogen and oxygen atoms in total. The number of benzene rings is 18. The highest BCUT2D eigenvalue weighted by Gasteiger charge is 2.52. The van der Waals surface area contributed by atoms with E-state index in [0.717, 1.165) is 128 Å². The molecule has 0 saturated carbocycles. The first-order valence-corrected chi connectivity index (χ1v) is 41.5. The topological polar surface area (TPSA) is 36.0 Å². The summed E-state index contributed by atoms with van der Waals surface area (Å²) >= 11 is 5.59. The van der Waals surface area contributed by atoms with Crippen molar-refractivity contribution in [2.75, 3.05) is 14.7 Å². The van der Waals surface area contributed by atoms with Gasteiger partial charge in [-0.25, -0.2) is 0 Å². The summed E-state index contributed by atoms with van der Waals surface area (Å²) in [4.78, 5) is 9.91. The lowest BCUT2D eigenvalue weighted by Crippen LogP contribution is -2.32. The maximum Gasteiger partial charge on any atom is 0.143 e. The fourth-order valence-electron chi connectivity index (χ4n) is 18.8. The number of nitrogens with zero attached hydrogens (tertiary/aromatic N) is 3. The molecule has 1 spiro atoms. The van der Waals surface area contributed by atoms with Gasteiger partial charge in [0.2, 0.25) is 0 Å². The maximum absolute atomic E-state index is 7.13. The summed E-state index contributed by atoms with van der Waals surface area (Å²) in [6, 6.07) is 147. The van der Waals surface area contributed by atoms with Crippen LogP contribution in [0.5, 0.6) is 0 Å². The highest BCUT2D eigenvalue weighted by molar-refractivity contribution is 7.99. The van der Waals surface area contributed by atoms with Gasteiger partial charge < -0.3 is 23.5 Å². The van der Waals surface area contributed by atoms with Gasteiger partial charge in [-0.3, -0.25) is 0 Å². The standard InChI is InChI=1S/C107H65N3O2S3/c1-5-27-67(28-6-1)84-58-78(65-97-103(84)83-39-16-21-44-96(83)111-97)110(73-51-54-100-87(57-73)80-37-17-22-45-98(80)113-100)94-42-25-41-91-104(94)82-53-50-74(108(71-32-9-3-10-33-71)76-59-85(70-49-48-66-26-13-14-31-69(66)56-70)105-88(61-76)79-36-15-20-43-95(79)112-105)63-92(82)107(91)90-40-19-24-47-101(90)114-102-55-52-75(64-93(102)107)109(72-34-11-4-12-35-72)77-60-86(68-29-7-2-8-30-68)106-89(62-77)81-38-18-23-46-99(81)115-106/h1-65H. The van der Waals surface area contributed by atoms with E-state index in [2.05, 4.69) is 409 Å². The summed E-state index contributed by atoms with van der Waals surface area (Å²) in [6.45, 7) is 0. The zero-order valence-corrected chi connectivity index (χ0v) is 64.4. The van der Waals surface area contributed by atoms with Crippen LogP contribution in [-0.2, 0) is 5.41 Å². The van der Waals surface area contributed by atoms with Crippen LogP contribution < -0.4 is 14.7 Å². The predicted molar refractivity (Wildman–Crippen MR) is 486 cm³/mol. The van der Waals surface area contributed by atoms with Crippen molar-refractivity contribution in [2.45, 2.75) is 15.2 Å². The van der Waals surface area contributed by atoms with Crippen molar-refractivity contribution in [1.29, 1.82) is 0 Å². The van der Waals surface area contributed by atoms with Crippen molar-refractivity contribution in [3.05, 3.63) is 417 Å². The van der Waals surface area contributed by atoms with Gasteiger partial charge >= 0.3 is 0 Å². The van der Waals surface area contributed by atoms with Crippen LogP contribution in [-0.4, -0.2) is 0 Å². The third kappa shape index (κ3) is 10.3. The van der Waals surface area contributed by atoms with Crippen molar-refractivity contribution >= 4 is 181 Å². The summed E-state index contributed by atoms with van der Waals surface area (Å²) in [6.07, 6.45) is 0. The minimum atomic E-state index is -0.963. The molecule has 8 heteroatoms. The van der Waals surface area contributed by atoms with Crippen molar-refractivity contribution < 1.29 is 8.83 Å². The van der Waals surface area contributed by atoms with E-state index in [9.17, 15) is 0 Å². The summed E-state index contributed by atoms with van der Waals surface area (Å²) in [5.74, 6) is 0. The van der Waals surface area contributed by atoms with Crippen LogP contribution in [0.1, 0.15) is 22.3 Å². The number of hydrogen-bond acceptors (Lipinski definition) is 8. The molecule has 1 aliphatic heterocycles. The number of para-hydroxylation sites is 4. The van der Waals surface area contributed by atoms with Gasteiger partial charge in [-0.15, -0.1) is 22.7 Å². The second-order valence-corrected chi connectivity index (χ2v) is 33.3. The lowest BCUT2D eigenvalue weighted by molar-refractivity contribution is 0.669. The predicted octanol–water partition coefficient (Wildman–Crippen LogP) is 31.6. The second kappa shape index (κ2) is 26.0. The molecule has 0 radical (unpaired) electrons. The zero-order valence-electron chi connectivity index (χ0n) is 61.9. The maximum atomic E-state index is 7.13. The SMILES string of the molecule is c1ccc(-c2cc(N(c3ccccc3)c3ccc4c(c3)C3(c5ccccc5S4)c4cc(N(c5ccccc5)c5cc(-c6ccc7ccccc7c6)c6oc7ccccc7c6c5)ccc4-c4c(N(c5cc(-c6ccccc6)c6c(c5)oc5ccccc56)c5ccc6sc7ccccc7c6c5)cccc43)cc3c2sc2ccccc23)cc1. The smallest absolute Gasteiger partial charge is 0.143 e. The number of fused-ring (bicyclic) bond motifs is 22. The number of hydrogen-bond donors (Lipinski definition) is 0. The number of thiophene rings is 2. The van der Waals surface area contributed by atoms with Gasteiger partial charge in [0.1, 0.15) is 22.3 Å². The van der Waals surface area contributed by atoms with Crippen LogP contribution in [0.4, 0.5) is 51.2 Å². The van der Waals surface area contributed by atoms with Gasteiger partial charge in [-0.2, -0.15) is 0 Å². The van der Waals surface area contributed by atoms with E-state index in [-0.39, 0.29) is 0 Å². The second-order valence-electron chi connectivity index (χ2n) is 30.1.